The first-order valence-corrected chi connectivity index (χ1v) is 7.36. The van der Waals surface area contributed by atoms with Gasteiger partial charge in [0.15, 0.2) is 0 Å². The maximum absolute atomic E-state index is 10.6. The topological polar surface area (TPSA) is 82.5 Å². The number of aliphatic hydroxyl groups excluding tert-OH is 3. The maximum Gasteiger partial charge on any atom is 0.126 e. The molecule has 20 heavy (non-hydrogen) atoms. The van der Waals surface area contributed by atoms with Gasteiger partial charge >= 0.3 is 0 Å². The van der Waals surface area contributed by atoms with Crippen molar-refractivity contribution in [2.45, 2.75) is 56.7 Å². The van der Waals surface area contributed by atoms with Crippen molar-refractivity contribution < 1.29 is 24.8 Å². The van der Waals surface area contributed by atoms with Gasteiger partial charge in [-0.25, -0.2) is 0 Å². The van der Waals surface area contributed by atoms with E-state index < -0.39 is 28.6 Å². The minimum absolute atomic E-state index is 0.119. The molecule has 7 atom stereocenters. The molecule has 0 unspecified atom stereocenters. The Kier molecular flexibility index (Phi) is 2.41. The maximum atomic E-state index is 10.6. The summed E-state index contributed by atoms with van der Waals surface area (Å²) < 4.78 is 11.9. The summed E-state index contributed by atoms with van der Waals surface area (Å²) in [5, 5.41) is 31.1. The first-order valence-electron chi connectivity index (χ1n) is 7.36. The van der Waals surface area contributed by atoms with E-state index in [4.69, 9.17) is 9.47 Å². The number of aliphatic hydroxyl groups is 3. The van der Waals surface area contributed by atoms with Crippen molar-refractivity contribution >= 4 is 0 Å². The lowest BCUT2D eigenvalue weighted by Crippen LogP contribution is -2.67. The highest BCUT2D eigenvalue weighted by molar-refractivity contribution is 5.33. The third-order valence-corrected chi connectivity index (χ3v) is 6.63. The van der Waals surface area contributed by atoms with Crippen LogP contribution >= 0.6 is 0 Å². The molecule has 0 aromatic carbocycles. The largest absolute Gasteiger partial charge is 0.396 e. The summed E-state index contributed by atoms with van der Waals surface area (Å²) in [6.45, 7) is 4.33. The van der Waals surface area contributed by atoms with Gasteiger partial charge in [-0.15, -0.1) is 0 Å². The van der Waals surface area contributed by atoms with Crippen LogP contribution in [0.25, 0.3) is 0 Å². The highest BCUT2D eigenvalue weighted by atomic mass is 16.6. The Morgan fingerprint density at radius 2 is 2.10 bits per heavy atom. The molecule has 1 saturated carbocycles. The van der Waals surface area contributed by atoms with E-state index in [1.165, 1.54) is 0 Å². The highest BCUT2D eigenvalue weighted by Gasteiger charge is 2.81. The summed E-state index contributed by atoms with van der Waals surface area (Å²) in [4.78, 5) is 0. The van der Waals surface area contributed by atoms with Crippen LogP contribution in [0.4, 0.5) is 0 Å². The predicted molar refractivity (Wildman–Crippen MR) is 70.0 cm³/mol. The second kappa shape index (κ2) is 3.65. The van der Waals surface area contributed by atoms with Crippen LogP contribution in [-0.2, 0) is 9.47 Å². The molecule has 4 rings (SSSR count). The molecule has 0 aromatic heterocycles. The molecule has 1 spiro atoms. The van der Waals surface area contributed by atoms with Gasteiger partial charge in [0.1, 0.15) is 5.60 Å². The molecule has 112 valence electrons. The molecular formula is C15H22O5. The monoisotopic (exact) mass is 282 g/mol. The van der Waals surface area contributed by atoms with E-state index in [0.29, 0.717) is 19.4 Å². The van der Waals surface area contributed by atoms with Crippen molar-refractivity contribution in [2.75, 3.05) is 13.2 Å². The van der Waals surface area contributed by atoms with E-state index in [9.17, 15) is 15.3 Å². The zero-order valence-electron chi connectivity index (χ0n) is 11.9. The molecule has 2 aliphatic heterocycles. The first kappa shape index (κ1) is 13.2. The Bertz CT molecular complexity index is 485. The summed E-state index contributed by atoms with van der Waals surface area (Å²) in [6.07, 6.45) is 1.30. The molecule has 3 N–H and O–H groups in total. The number of fused-ring (bicyclic) bond motifs is 2. The molecule has 3 fully saturated rings. The quantitative estimate of drug-likeness (QED) is 0.465. The SMILES string of the molecule is CC1=C[C@@H]2O[C@H]3C[C@@H](O)[C@@](C)([C@]2(CO)C[C@H]1O)[C@@]31CO1. The summed E-state index contributed by atoms with van der Waals surface area (Å²) in [5.41, 5.74) is -0.871. The van der Waals surface area contributed by atoms with Crippen molar-refractivity contribution in [3.05, 3.63) is 11.6 Å². The van der Waals surface area contributed by atoms with Crippen molar-refractivity contribution in [3.63, 3.8) is 0 Å². The van der Waals surface area contributed by atoms with Crippen LogP contribution in [0.1, 0.15) is 26.7 Å². The van der Waals surface area contributed by atoms with E-state index in [1.54, 1.807) is 0 Å². The first-order chi connectivity index (χ1) is 9.41. The van der Waals surface area contributed by atoms with Crippen LogP contribution < -0.4 is 0 Å². The van der Waals surface area contributed by atoms with Crippen LogP contribution in [0.2, 0.25) is 0 Å². The van der Waals surface area contributed by atoms with Gasteiger partial charge in [-0.05, 0) is 18.9 Å². The summed E-state index contributed by atoms with van der Waals surface area (Å²) in [7, 11) is 0. The summed E-state index contributed by atoms with van der Waals surface area (Å²) in [5.74, 6) is 0. The van der Waals surface area contributed by atoms with E-state index in [2.05, 4.69) is 0 Å². The van der Waals surface area contributed by atoms with Crippen LogP contribution in [0.3, 0.4) is 0 Å². The highest BCUT2D eigenvalue weighted by Crippen LogP contribution is 2.71. The third kappa shape index (κ3) is 1.15. The molecule has 2 aliphatic carbocycles. The minimum Gasteiger partial charge on any atom is -0.396 e. The lowest BCUT2D eigenvalue weighted by Gasteiger charge is -2.58. The number of epoxide rings is 1. The van der Waals surface area contributed by atoms with Gasteiger partial charge in [-0.3, -0.25) is 0 Å². The molecule has 2 bridgehead atoms. The number of hydrogen-bond acceptors (Lipinski definition) is 5. The predicted octanol–water partition coefficient (Wildman–Crippen LogP) is -0.0167. The standard InChI is InChI=1S/C15H22O5/c1-8-3-11-14(6-16,5-9(8)17)13(2)10(18)4-12(20-11)15(13)7-19-15/h3,9-12,16-18H,4-7H2,1-2H3/t9-,10-,11+,12+,13+,14+,15-/m1/s1. The van der Waals surface area contributed by atoms with Crippen molar-refractivity contribution in [3.8, 4) is 0 Å². The van der Waals surface area contributed by atoms with Gasteiger partial charge in [-0.1, -0.05) is 13.0 Å². The lowest BCUT2D eigenvalue weighted by atomic mass is 9.51. The van der Waals surface area contributed by atoms with Gasteiger partial charge in [-0.2, -0.15) is 0 Å². The Balaban J connectivity index is 1.90. The van der Waals surface area contributed by atoms with E-state index >= 15 is 0 Å². The molecule has 0 amide bonds. The Hall–Kier alpha value is -0.460. The Labute approximate surface area is 118 Å². The fourth-order valence-electron chi connectivity index (χ4n) is 5.03. The fourth-order valence-corrected chi connectivity index (χ4v) is 5.03. The zero-order chi connectivity index (χ0) is 14.3. The molecule has 2 heterocycles. The van der Waals surface area contributed by atoms with Gasteiger partial charge in [0.05, 0.1) is 37.6 Å². The second-order valence-corrected chi connectivity index (χ2v) is 7.12. The molecular weight excluding hydrogens is 260 g/mol. The minimum atomic E-state index is -0.686. The fraction of sp³-hybridized carbons (Fsp3) is 0.867. The van der Waals surface area contributed by atoms with Crippen molar-refractivity contribution in [2.24, 2.45) is 10.8 Å². The Morgan fingerprint density at radius 3 is 2.70 bits per heavy atom. The van der Waals surface area contributed by atoms with E-state index in [1.807, 2.05) is 19.9 Å². The smallest absolute Gasteiger partial charge is 0.126 e. The van der Waals surface area contributed by atoms with E-state index in [-0.39, 0.29) is 18.8 Å². The molecule has 5 nitrogen and oxygen atoms in total. The van der Waals surface area contributed by atoms with Gasteiger partial charge in [0.2, 0.25) is 0 Å². The Morgan fingerprint density at radius 1 is 1.40 bits per heavy atom. The normalized spacial score (nSPS) is 60.4. The lowest BCUT2D eigenvalue weighted by molar-refractivity contribution is -0.232. The average Bonchev–Trinajstić information content (AvgIpc) is 3.18. The number of ether oxygens (including phenoxy) is 2. The van der Waals surface area contributed by atoms with Crippen LogP contribution in [-0.4, -0.2) is 58.6 Å². The van der Waals surface area contributed by atoms with Crippen LogP contribution in [0.15, 0.2) is 11.6 Å². The van der Waals surface area contributed by atoms with Crippen LogP contribution in [0.5, 0.6) is 0 Å². The molecule has 0 aromatic rings. The molecule has 4 aliphatic rings. The number of hydrogen-bond donors (Lipinski definition) is 3. The molecule has 2 saturated heterocycles. The van der Waals surface area contributed by atoms with Gasteiger partial charge in [0, 0.05) is 17.3 Å². The summed E-state index contributed by atoms with van der Waals surface area (Å²) >= 11 is 0. The van der Waals surface area contributed by atoms with Gasteiger partial charge < -0.3 is 24.8 Å². The van der Waals surface area contributed by atoms with Gasteiger partial charge in [0.25, 0.3) is 0 Å². The van der Waals surface area contributed by atoms with E-state index in [0.717, 1.165) is 5.57 Å². The van der Waals surface area contributed by atoms with Crippen molar-refractivity contribution in [1.82, 2.24) is 0 Å². The zero-order valence-corrected chi connectivity index (χ0v) is 11.9. The third-order valence-electron chi connectivity index (χ3n) is 6.63. The van der Waals surface area contributed by atoms with Crippen molar-refractivity contribution in [1.29, 1.82) is 0 Å². The summed E-state index contributed by atoms with van der Waals surface area (Å²) in [6, 6.07) is 0. The molecule has 0 radical (unpaired) electrons. The molecule has 5 heteroatoms. The second-order valence-electron chi connectivity index (χ2n) is 7.12. The number of rotatable bonds is 1. The van der Waals surface area contributed by atoms with Crippen LogP contribution in [0, 0.1) is 10.8 Å². The average molecular weight is 282 g/mol.